The van der Waals surface area contributed by atoms with Gasteiger partial charge in [-0.2, -0.15) is 0 Å². The van der Waals surface area contributed by atoms with E-state index in [-0.39, 0.29) is 0 Å². The molecule has 0 saturated heterocycles. The molecule has 22 heavy (non-hydrogen) atoms. The number of hydrogen-bond acceptors (Lipinski definition) is 1. The minimum atomic E-state index is 0.923. The first-order chi connectivity index (χ1) is 10.6. The lowest BCUT2D eigenvalue weighted by Gasteiger charge is -2.07. The van der Waals surface area contributed by atoms with Gasteiger partial charge >= 0.3 is 0 Å². The van der Waals surface area contributed by atoms with E-state index in [9.17, 15) is 0 Å². The van der Waals surface area contributed by atoms with Crippen LogP contribution in [-0.2, 0) is 12.8 Å². The van der Waals surface area contributed by atoms with Crippen LogP contribution in [0.3, 0.4) is 0 Å². The standard InChI is InChI=1S/C19H21BrN2/c1-4-5-17-18(11-15-8-6-13(2)7-9-15)22-12-16(20)10-14(3)19(22)21-17/h6-10,12H,4-5,11H2,1-3H3. The number of halogens is 1. The first-order valence-electron chi connectivity index (χ1n) is 7.80. The molecule has 0 amide bonds. The Morgan fingerprint density at radius 1 is 1.14 bits per heavy atom. The second-order valence-electron chi connectivity index (χ2n) is 5.95. The smallest absolute Gasteiger partial charge is 0.140 e. The van der Waals surface area contributed by atoms with Crippen molar-refractivity contribution in [1.29, 1.82) is 0 Å². The molecule has 0 aliphatic heterocycles. The predicted octanol–water partition coefficient (Wildman–Crippen LogP) is 5.26. The van der Waals surface area contributed by atoms with E-state index in [1.807, 2.05) is 0 Å². The first-order valence-corrected chi connectivity index (χ1v) is 8.59. The van der Waals surface area contributed by atoms with Crippen molar-refractivity contribution in [1.82, 2.24) is 9.38 Å². The van der Waals surface area contributed by atoms with Gasteiger partial charge < -0.3 is 4.40 Å². The molecule has 1 aromatic carbocycles. The summed E-state index contributed by atoms with van der Waals surface area (Å²) in [6.07, 6.45) is 5.20. The predicted molar refractivity (Wildman–Crippen MR) is 95.6 cm³/mol. The lowest BCUT2D eigenvalue weighted by Crippen LogP contribution is -1.99. The molecule has 0 bridgehead atoms. The highest BCUT2D eigenvalue weighted by Crippen LogP contribution is 2.23. The van der Waals surface area contributed by atoms with Crippen LogP contribution in [0.1, 0.15) is 41.4 Å². The topological polar surface area (TPSA) is 17.3 Å². The van der Waals surface area contributed by atoms with E-state index in [0.29, 0.717) is 0 Å². The van der Waals surface area contributed by atoms with Crippen molar-refractivity contribution in [2.75, 3.05) is 0 Å². The van der Waals surface area contributed by atoms with Crippen LogP contribution in [0.5, 0.6) is 0 Å². The highest BCUT2D eigenvalue weighted by Gasteiger charge is 2.14. The van der Waals surface area contributed by atoms with Crippen LogP contribution in [0.2, 0.25) is 0 Å². The van der Waals surface area contributed by atoms with Gasteiger partial charge in [0.1, 0.15) is 5.65 Å². The molecule has 2 nitrogen and oxygen atoms in total. The molecule has 3 heteroatoms. The summed E-state index contributed by atoms with van der Waals surface area (Å²) in [6.45, 7) is 6.46. The number of benzene rings is 1. The first kappa shape index (κ1) is 15.3. The van der Waals surface area contributed by atoms with E-state index in [1.54, 1.807) is 0 Å². The Hall–Kier alpha value is -1.61. The Morgan fingerprint density at radius 2 is 1.86 bits per heavy atom. The Morgan fingerprint density at radius 3 is 2.55 bits per heavy atom. The normalized spacial score (nSPS) is 11.3. The van der Waals surface area contributed by atoms with Crippen molar-refractivity contribution in [3.63, 3.8) is 0 Å². The van der Waals surface area contributed by atoms with Gasteiger partial charge in [0.25, 0.3) is 0 Å². The molecular weight excluding hydrogens is 336 g/mol. The number of hydrogen-bond donors (Lipinski definition) is 0. The Bertz CT molecular complexity index is 800. The van der Waals surface area contributed by atoms with Crippen molar-refractivity contribution >= 4 is 21.6 Å². The van der Waals surface area contributed by atoms with Crippen molar-refractivity contribution < 1.29 is 0 Å². The second kappa shape index (κ2) is 6.25. The van der Waals surface area contributed by atoms with Gasteiger partial charge in [0, 0.05) is 17.1 Å². The molecule has 0 aliphatic rings. The number of fused-ring (bicyclic) bond motifs is 1. The molecule has 3 rings (SSSR count). The van der Waals surface area contributed by atoms with Crippen LogP contribution < -0.4 is 0 Å². The maximum absolute atomic E-state index is 4.90. The lowest BCUT2D eigenvalue weighted by molar-refractivity contribution is 0.866. The summed E-state index contributed by atoms with van der Waals surface area (Å²) in [5.41, 5.74) is 7.46. The minimum Gasteiger partial charge on any atom is -0.302 e. The molecule has 3 aromatic rings. The average Bonchev–Trinajstić information content (AvgIpc) is 2.80. The summed E-state index contributed by atoms with van der Waals surface area (Å²) in [5, 5.41) is 0. The molecule has 0 atom stereocenters. The maximum Gasteiger partial charge on any atom is 0.140 e. The van der Waals surface area contributed by atoms with Crippen molar-refractivity contribution in [3.05, 3.63) is 69.1 Å². The van der Waals surface area contributed by atoms with Crippen LogP contribution in [-0.4, -0.2) is 9.38 Å². The third-order valence-electron chi connectivity index (χ3n) is 4.03. The van der Waals surface area contributed by atoms with E-state index in [2.05, 4.69) is 77.6 Å². The molecule has 2 heterocycles. The Kier molecular flexibility index (Phi) is 4.34. The molecule has 114 valence electrons. The van der Waals surface area contributed by atoms with E-state index in [1.165, 1.54) is 28.1 Å². The van der Waals surface area contributed by atoms with E-state index >= 15 is 0 Å². The zero-order chi connectivity index (χ0) is 15.7. The quantitative estimate of drug-likeness (QED) is 0.623. The fraction of sp³-hybridized carbons (Fsp3) is 0.316. The van der Waals surface area contributed by atoms with Gasteiger partial charge in [0.2, 0.25) is 0 Å². The third-order valence-corrected chi connectivity index (χ3v) is 4.47. The Balaban J connectivity index is 2.12. The van der Waals surface area contributed by atoms with Gasteiger partial charge in [-0.3, -0.25) is 0 Å². The second-order valence-corrected chi connectivity index (χ2v) is 6.87. The van der Waals surface area contributed by atoms with E-state index in [4.69, 9.17) is 4.98 Å². The van der Waals surface area contributed by atoms with Crippen molar-refractivity contribution in [3.8, 4) is 0 Å². The fourth-order valence-corrected chi connectivity index (χ4v) is 3.43. The average molecular weight is 357 g/mol. The van der Waals surface area contributed by atoms with E-state index in [0.717, 1.165) is 29.4 Å². The van der Waals surface area contributed by atoms with Gasteiger partial charge in [-0.1, -0.05) is 43.2 Å². The van der Waals surface area contributed by atoms with Gasteiger partial charge in [-0.05, 0) is 53.4 Å². The van der Waals surface area contributed by atoms with Crippen molar-refractivity contribution in [2.45, 2.75) is 40.0 Å². The van der Waals surface area contributed by atoms with E-state index < -0.39 is 0 Å². The summed E-state index contributed by atoms with van der Waals surface area (Å²) >= 11 is 3.61. The summed E-state index contributed by atoms with van der Waals surface area (Å²) in [5.74, 6) is 0. The largest absolute Gasteiger partial charge is 0.302 e. The maximum atomic E-state index is 4.90. The number of aryl methyl sites for hydroxylation is 3. The SMILES string of the molecule is CCCc1nc2c(C)cc(Br)cn2c1Cc1ccc(C)cc1. The Labute approximate surface area is 140 Å². The molecule has 0 unspecified atom stereocenters. The number of nitrogens with zero attached hydrogens (tertiary/aromatic N) is 2. The highest BCUT2D eigenvalue weighted by atomic mass is 79.9. The summed E-state index contributed by atoms with van der Waals surface area (Å²) < 4.78 is 3.35. The number of pyridine rings is 1. The molecule has 0 fully saturated rings. The molecule has 2 aromatic heterocycles. The van der Waals surface area contributed by atoms with Crippen LogP contribution in [0.15, 0.2) is 41.0 Å². The number of rotatable bonds is 4. The van der Waals surface area contributed by atoms with Gasteiger partial charge in [-0.15, -0.1) is 0 Å². The summed E-state index contributed by atoms with van der Waals surface area (Å²) in [4.78, 5) is 4.90. The molecule has 0 spiro atoms. The van der Waals surface area contributed by atoms with Gasteiger partial charge in [0.15, 0.2) is 0 Å². The van der Waals surface area contributed by atoms with Crippen LogP contribution in [0, 0.1) is 13.8 Å². The molecule has 0 saturated carbocycles. The molecule has 0 N–H and O–H groups in total. The van der Waals surface area contributed by atoms with Gasteiger partial charge in [0.05, 0.1) is 11.4 Å². The fourth-order valence-electron chi connectivity index (χ4n) is 2.89. The molecular formula is C19H21BrN2. The molecule has 0 radical (unpaired) electrons. The zero-order valence-electron chi connectivity index (χ0n) is 13.4. The van der Waals surface area contributed by atoms with Crippen molar-refractivity contribution in [2.24, 2.45) is 0 Å². The number of imidazole rings is 1. The van der Waals surface area contributed by atoms with Gasteiger partial charge in [-0.25, -0.2) is 4.98 Å². The monoisotopic (exact) mass is 356 g/mol. The molecule has 0 aliphatic carbocycles. The third kappa shape index (κ3) is 2.95. The highest BCUT2D eigenvalue weighted by molar-refractivity contribution is 9.10. The van der Waals surface area contributed by atoms with Crippen LogP contribution in [0.4, 0.5) is 0 Å². The van der Waals surface area contributed by atoms with Crippen LogP contribution >= 0.6 is 15.9 Å². The van der Waals surface area contributed by atoms with Crippen LogP contribution in [0.25, 0.3) is 5.65 Å². The summed E-state index contributed by atoms with van der Waals surface area (Å²) in [7, 11) is 0. The lowest BCUT2D eigenvalue weighted by atomic mass is 10.1. The minimum absolute atomic E-state index is 0.923. The zero-order valence-corrected chi connectivity index (χ0v) is 14.9. The number of aromatic nitrogens is 2. The summed E-state index contributed by atoms with van der Waals surface area (Å²) in [6, 6.07) is 10.9.